The van der Waals surface area contributed by atoms with Gasteiger partial charge in [0.1, 0.15) is 28.5 Å². The van der Waals surface area contributed by atoms with Crippen LogP contribution in [0.3, 0.4) is 0 Å². The number of aryl methyl sites for hydroxylation is 2. The summed E-state index contributed by atoms with van der Waals surface area (Å²) in [4.78, 5) is 46.5. The molecule has 15 nitrogen and oxygen atoms in total. The molecule has 6 rings (SSSR count). The van der Waals surface area contributed by atoms with Crippen LogP contribution in [0.1, 0.15) is 36.6 Å². The highest BCUT2D eigenvalue weighted by atomic mass is 35.5. The van der Waals surface area contributed by atoms with E-state index >= 15 is 4.39 Å². The maximum atomic E-state index is 15.8. The van der Waals surface area contributed by atoms with Crippen LogP contribution in [0.25, 0.3) is 44.8 Å². The largest absolute Gasteiger partial charge is 0.494 e. The number of halogens is 3. The number of carbonyl (C=O) groups is 3. The molecule has 0 saturated heterocycles. The molecule has 0 spiro atoms. The summed E-state index contributed by atoms with van der Waals surface area (Å²) >= 11 is 12.4. The van der Waals surface area contributed by atoms with Crippen LogP contribution in [0.15, 0.2) is 59.7 Å². The lowest BCUT2D eigenvalue weighted by atomic mass is 10.1. The quantitative estimate of drug-likeness (QED) is 0.0543. The first kappa shape index (κ1) is 35.4. The molecule has 18 heteroatoms. The van der Waals surface area contributed by atoms with E-state index in [0.717, 1.165) is 12.1 Å². The average molecular weight is 749 g/mol. The van der Waals surface area contributed by atoms with Crippen LogP contribution in [-0.2, 0) is 13.1 Å². The van der Waals surface area contributed by atoms with E-state index in [9.17, 15) is 19.5 Å². The van der Waals surface area contributed by atoms with E-state index < -0.39 is 29.2 Å². The molecule has 0 unspecified atom stereocenters. The van der Waals surface area contributed by atoms with Gasteiger partial charge in [-0.25, -0.2) is 19.2 Å². The number of hydrazone groups is 1. The third-order valence-corrected chi connectivity index (χ3v) is 8.83. The van der Waals surface area contributed by atoms with Gasteiger partial charge < -0.3 is 46.8 Å². The minimum absolute atomic E-state index is 0.00362. The summed E-state index contributed by atoms with van der Waals surface area (Å²) in [6.45, 7) is 0.0242. The van der Waals surface area contributed by atoms with Crippen LogP contribution in [0.5, 0.6) is 11.5 Å². The van der Waals surface area contributed by atoms with Gasteiger partial charge in [-0.1, -0.05) is 23.2 Å². The van der Waals surface area contributed by atoms with Crippen molar-refractivity contribution in [2.45, 2.75) is 13.1 Å². The molecule has 52 heavy (non-hydrogen) atoms. The molecule has 0 atom stereocenters. The molecule has 9 N–H and O–H groups in total. The Balaban J connectivity index is 1.65. The fraction of sp³-hybridized carbons (Fsp3) is 0.118. The van der Waals surface area contributed by atoms with E-state index in [2.05, 4.69) is 10.1 Å². The normalized spacial score (nSPS) is 11.7. The fourth-order valence-electron chi connectivity index (χ4n) is 6.15. The summed E-state index contributed by atoms with van der Waals surface area (Å²) in [7, 11) is 2.67. The number of nitrogens with two attached hydrogens (primary N) is 4. The zero-order chi connectivity index (χ0) is 37.6. The molecule has 0 radical (unpaired) electrons. The van der Waals surface area contributed by atoms with Crippen molar-refractivity contribution in [2.75, 3.05) is 14.2 Å². The summed E-state index contributed by atoms with van der Waals surface area (Å²) < 4.78 is 30.3. The minimum Gasteiger partial charge on any atom is -0.494 e. The highest BCUT2D eigenvalue weighted by Gasteiger charge is 2.28. The SMILES string of the molecule is COc1c(C(N)=O)ccc2c1nc(-c1ccc(Cl)cc1/C(N)=N/N)n2CCn1c(-c2c(F)cc(Cl)cc2C(=O)O)nc2c(OC)c(C(N)=O)ccc21. The number of amides is 2. The number of carboxylic acids is 1. The molecule has 6 aromatic rings. The van der Waals surface area contributed by atoms with Gasteiger partial charge in [-0.2, -0.15) is 5.10 Å². The van der Waals surface area contributed by atoms with E-state index in [1.54, 1.807) is 33.4 Å². The van der Waals surface area contributed by atoms with Crippen LogP contribution in [0.2, 0.25) is 10.0 Å². The Morgan fingerprint density at radius 2 is 1.29 bits per heavy atom. The van der Waals surface area contributed by atoms with Crippen LogP contribution in [0.4, 0.5) is 4.39 Å². The molecular formula is C34H28Cl2FN9O6. The predicted molar refractivity (Wildman–Crippen MR) is 192 cm³/mol. The molecule has 0 fully saturated rings. The topological polar surface area (TPSA) is 242 Å². The number of ether oxygens (including phenoxy) is 2. The number of hydrogen-bond donors (Lipinski definition) is 5. The zero-order valence-corrected chi connectivity index (χ0v) is 28.8. The number of hydrogen-bond acceptors (Lipinski definition) is 9. The Morgan fingerprint density at radius 3 is 1.79 bits per heavy atom. The van der Waals surface area contributed by atoms with E-state index in [0.29, 0.717) is 33.0 Å². The van der Waals surface area contributed by atoms with Gasteiger partial charge in [0.05, 0.1) is 47.5 Å². The number of aromatic carboxylic acids is 1. The summed E-state index contributed by atoms with van der Waals surface area (Å²) in [5, 5.41) is 13.9. The van der Waals surface area contributed by atoms with Crippen molar-refractivity contribution in [1.29, 1.82) is 0 Å². The van der Waals surface area contributed by atoms with Crippen molar-refractivity contribution in [3.8, 4) is 34.3 Å². The molecule has 266 valence electrons. The number of amidine groups is 1. The van der Waals surface area contributed by atoms with Gasteiger partial charge in [0, 0.05) is 34.3 Å². The number of methoxy groups -OCH3 is 2. The number of primary amides is 2. The molecule has 0 saturated carbocycles. The number of benzene rings is 4. The Labute approximate surface area is 303 Å². The molecule has 2 aromatic heterocycles. The minimum atomic E-state index is -1.46. The van der Waals surface area contributed by atoms with Crippen LogP contribution < -0.4 is 32.5 Å². The molecule has 2 amide bonds. The molecular weight excluding hydrogens is 720 g/mol. The Hall–Kier alpha value is -6.39. The molecule has 0 aliphatic carbocycles. The number of rotatable bonds is 11. The maximum Gasteiger partial charge on any atom is 0.336 e. The Morgan fingerprint density at radius 1 is 0.769 bits per heavy atom. The number of carbonyl (C=O) groups excluding carboxylic acids is 2. The lowest BCUT2D eigenvalue weighted by Gasteiger charge is -2.16. The van der Waals surface area contributed by atoms with Gasteiger partial charge in [-0.15, -0.1) is 0 Å². The van der Waals surface area contributed by atoms with Crippen molar-refractivity contribution >= 4 is 68.9 Å². The van der Waals surface area contributed by atoms with Crippen molar-refractivity contribution < 1.29 is 33.4 Å². The number of fused-ring (bicyclic) bond motifs is 2. The second-order valence-corrected chi connectivity index (χ2v) is 12.1. The highest BCUT2D eigenvalue weighted by molar-refractivity contribution is 6.31. The number of imidazole rings is 2. The standard InChI is InChI=1S/C34H28Cl2FN9O6/c1-51-27-17(30(39)47)5-7-22-25(27)42-32(16-4-3-14(35)11-19(16)29(38)44-41)45(22)9-10-46-23-8-6-18(31(40)48)28(52-2)26(23)43-33(46)24-20(34(49)50)12-15(36)13-21(24)37/h3-8,11-13H,9-10,41H2,1-2H3,(H2,38,44)(H2,39,47)(H2,40,48)(H,49,50). The van der Waals surface area contributed by atoms with E-state index in [1.807, 2.05) is 0 Å². The van der Waals surface area contributed by atoms with Crippen LogP contribution >= 0.6 is 23.2 Å². The summed E-state index contributed by atoms with van der Waals surface area (Å²) in [6.07, 6.45) is 0. The third-order valence-electron chi connectivity index (χ3n) is 8.38. The second kappa shape index (κ2) is 13.7. The van der Waals surface area contributed by atoms with Gasteiger partial charge in [-0.05, 0) is 54.6 Å². The Kier molecular flexibility index (Phi) is 9.36. The monoisotopic (exact) mass is 747 g/mol. The van der Waals surface area contributed by atoms with Crippen molar-refractivity contribution in [3.05, 3.63) is 92.7 Å². The first-order chi connectivity index (χ1) is 24.8. The second-order valence-electron chi connectivity index (χ2n) is 11.3. The summed E-state index contributed by atoms with van der Waals surface area (Å²) in [6, 6.07) is 13.0. The first-order valence-corrected chi connectivity index (χ1v) is 15.9. The summed E-state index contributed by atoms with van der Waals surface area (Å²) in [5.74, 6) is 1.80. The fourth-order valence-corrected chi connectivity index (χ4v) is 6.52. The average Bonchev–Trinajstić information content (AvgIpc) is 3.66. The van der Waals surface area contributed by atoms with Crippen molar-refractivity contribution in [2.24, 2.45) is 28.1 Å². The molecule has 0 bridgehead atoms. The van der Waals surface area contributed by atoms with E-state index in [-0.39, 0.29) is 69.0 Å². The van der Waals surface area contributed by atoms with Gasteiger partial charge in [0.2, 0.25) is 0 Å². The van der Waals surface area contributed by atoms with Gasteiger partial charge in [-0.3, -0.25) is 9.59 Å². The van der Waals surface area contributed by atoms with Gasteiger partial charge >= 0.3 is 5.97 Å². The lowest BCUT2D eigenvalue weighted by molar-refractivity contribution is 0.0696. The van der Waals surface area contributed by atoms with Crippen LogP contribution in [0, 0.1) is 5.82 Å². The van der Waals surface area contributed by atoms with Crippen molar-refractivity contribution in [3.63, 3.8) is 0 Å². The maximum absolute atomic E-state index is 15.8. The van der Waals surface area contributed by atoms with E-state index in [1.165, 1.54) is 32.4 Å². The van der Waals surface area contributed by atoms with E-state index in [4.69, 9.17) is 60.7 Å². The molecule has 0 aliphatic rings. The molecule has 4 aromatic carbocycles. The smallest absolute Gasteiger partial charge is 0.336 e. The first-order valence-electron chi connectivity index (χ1n) is 15.1. The number of nitrogens with zero attached hydrogens (tertiary/aromatic N) is 5. The zero-order valence-electron chi connectivity index (χ0n) is 27.3. The van der Waals surface area contributed by atoms with Gasteiger partial charge in [0.15, 0.2) is 17.3 Å². The number of carboxylic acid groups (broad SMARTS) is 1. The molecule has 2 heterocycles. The lowest BCUT2D eigenvalue weighted by Crippen LogP contribution is -2.18. The van der Waals surface area contributed by atoms with Gasteiger partial charge in [0.25, 0.3) is 11.8 Å². The molecule has 0 aliphatic heterocycles. The predicted octanol–water partition coefficient (Wildman–Crippen LogP) is 4.36. The summed E-state index contributed by atoms with van der Waals surface area (Å²) in [5.41, 5.74) is 18.6. The third kappa shape index (κ3) is 5.92. The van der Waals surface area contributed by atoms with Crippen LogP contribution in [-0.4, -0.2) is 62.0 Å². The van der Waals surface area contributed by atoms with Crippen molar-refractivity contribution in [1.82, 2.24) is 19.1 Å². The number of aromatic nitrogens is 4. The Bertz CT molecular complexity index is 2510. The highest BCUT2D eigenvalue weighted by Crippen LogP contribution is 2.38.